The highest BCUT2D eigenvalue weighted by Crippen LogP contribution is 2.42. The number of benzene rings is 2. The van der Waals surface area contributed by atoms with Crippen LogP contribution in [0.1, 0.15) is 67.7 Å². The number of aliphatic hydroxyl groups excluding tert-OH is 1. The Labute approximate surface area is 258 Å². The van der Waals surface area contributed by atoms with Crippen LogP contribution < -0.4 is 5.32 Å². The Morgan fingerprint density at radius 3 is 2.64 bits per heavy atom. The first-order chi connectivity index (χ1) is 21.0. The van der Waals surface area contributed by atoms with Crippen molar-refractivity contribution in [2.24, 2.45) is 0 Å². The second-order valence-electron chi connectivity index (χ2n) is 12.6. The number of halogens is 1. The standard InChI is InChI=1S/C33H34FN5O4S/c1-33(2,3)43-32(42)36-23-5-4-10-38(18-23)31(41)29-15-26(19-6-7-21(16-35)27(34)12-19)30(44-29)20-8-9-28-22(11-20)17-39(37-28)24-13-25(40)14-24/h6-9,11-12,15,17,23-25,40H,4-5,10,13-14,18H2,1-3H3,(H,36,42)/t23-,24?,25?/m1/s1. The number of nitrogens with one attached hydrogen (secondary N) is 1. The molecule has 2 fully saturated rings. The van der Waals surface area contributed by atoms with Crippen molar-refractivity contribution in [3.63, 3.8) is 0 Å². The van der Waals surface area contributed by atoms with E-state index in [9.17, 15) is 24.3 Å². The summed E-state index contributed by atoms with van der Waals surface area (Å²) >= 11 is 1.33. The van der Waals surface area contributed by atoms with Gasteiger partial charge in [0.1, 0.15) is 17.5 Å². The number of hydrogen-bond donors (Lipinski definition) is 2. The number of likely N-dealkylation sites (tertiary alicyclic amines) is 1. The number of alkyl carbamates (subject to hydrolysis) is 1. The Hall–Kier alpha value is -4.27. The lowest BCUT2D eigenvalue weighted by molar-refractivity contribution is 0.0436. The third-order valence-corrected chi connectivity index (χ3v) is 9.19. The maximum absolute atomic E-state index is 14.8. The van der Waals surface area contributed by atoms with Gasteiger partial charge in [0.05, 0.1) is 28.1 Å². The Bertz CT molecular complexity index is 1780. The number of ether oxygens (including phenoxy) is 1. The van der Waals surface area contributed by atoms with Gasteiger partial charge in [-0.25, -0.2) is 9.18 Å². The van der Waals surface area contributed by atoms with Crippen LogP contribution in [0.15, 0.2) is 48.7 Å². The molecule has 2 N–H and O–H groups in total. The zero-order valence-electron chi connectivity index (χ0n) is 24.8. The van der Waals surface area contributed by atoms with Gasteiger partial charge in [-0.1, -0.05) is 12.1 Å². The number of thiophene rings is 1. The monoisotopic (exact) mass is 615 g/mol. The molecule has 6 rings (SSSR count). The van der Waals surface area contributed by atoms with Crippen LogP contribution in [0.25, 0.3) is 32.5 Å². The maximum atomic E-state index is 14.8. The highest BCUT2D eigenvalue weighted by Gasteiger charge is 2.31. The molecule has 228 valence electrons. The highest BCUT2D eigenvalue weighted by atomic mass is 32.1. The van der Waals surface area contributed by atoms with Gasteiger partial charge in [-0.3, -0.25) is 9.48 Å². The molecule has 4 aromatic rings. The van der Waals surface area contributed by atoms with Gasteiger partial charge in [-0.05, 0) is 87.9 Å². The second-order valence-corrected chi connectivity index (χ2v) is 13.6. The third kappa shape index (κ3) is 6.18. The van der Waals surface area contributed by atoms with Crippen LogP contribution in [-0.2, 0) is 4.74 Å². The van der Waals surface area contributed by atoms with E-state index in [4.69, 9.17) is 4.74 Å². The number of carbonyl (C=O) groups excluding carboxylic acids is 2. The number of piperidine rings is 1. The molecule has 11 heteroatoms. The van der Waals surface area contributed by atoms with Gasteiger partial charge in [-0.15, -0.1) is 11.3 Å². The molecule has 1 saturated heterocycles. The fraction of sp³-hybridized carbons (Fsp3) is 0.394. The lowest BCUT2D eigenvalue weighted by Gasteiger charge is -2.33. The molecule has 1 saturated carbocycles. The summed E-state index contributed by atoms with van der Waals surface area (Å²) in [6, 6.07) is 14.0. The minimum Gasteiger partial charge on any atom is -0.444 e. The molecule has 3 heterocycles. The molecule has 0 unspecified atom stereocenters. The van der Waals surface area contributed by atoms with Gasteiger partial charge < -0.3 is 20.1 Å². The largest absolute Gasteiger partial charge is 0.444 e. The molecule has 0 radical (unpaired) electrons. The van der Waals surface area contributed by atoms with Crippen molar-refractivity contribution in [2.45, 2.75) is 70.2 Å². The number of hydrogen-bond acceptors (Lipinski definition) is 7. The number of aromatic nitrogens is 2. The SMILES string of the molecule is CC(C)(C)OC(=O)N[C@@H]1CCCN(C(=O)c2cc(-c3ccc(C#N)c(F)c3)c(-c3ccc4nn(C5CC(O)C5)cc4c3)s2)C1. The number of nitrogens with zero attached hydrogens (tertiary/aromatic N) is 4. The first-order valence-electron chi connectivity index (χ1n) is 14.8. The molecule has 2 aromatic carbocycles. The second kappa shape index (κ2) is 11.7. The third-order valence-electron chi connectivity index (χ3n) is 8.02. The Morgan fingerprint density at radius 1 is 1.16 bits per heavy atom. The lowest BCUT2D eigenvalue weighted by atomic mass is 9.90. The normalized spacial score (nSPS) is 20.2. The van der Waals surface area contributed by atoms with Gasteiger partial charge in [0, 0.05) is 41.2 Å². The van der Waals surface area contributed by atoms with Crippen molar-refractivity contribution in [1.29, 1.82) is 5.26 Å². The van der Waals surface area contributed by atoms with Gasteiger partial charge >= 0.3 is 6.09 Å². The Morgan fingerprint density at radius 2 is 1.93 bits per heavy atom. The molecule has 0 spiro atoms. The van der Waals surface area contributed by atoms with Gasteiger partial charge in [0.2, 0.25) is 0 Å². The molecule has 2 aliphatic rings. The summed E-state index contributed by atoms with van der Waals surface area (Å²) in [5.41, 5.74) is 2.27. The molecular formula is C33H34FN5O4S. The fourth-order valence-corrected chi connectivity index (χ4v) is 6.90. The Balaban J connectivity index is 1.32. The molecule has 44 heavy (non-hydrogen) atoms. The summed E-state index contributed by atoms with van der Waals surface area (Å²) in [6.07, 6.45) is 4.00. The van der Waals surface area contributed by atoms with Gasteiger partial charge in [0.15, 0.2) is 0 Å². The van der Waals surface area contributed by atoms with E-state index in [1.807, 2.05) is 35.1 Å². The summed E-state index contributed by atoms with van der Waals surface area (Å²) in [5.74, 6) is -0.786. The number of fused-ring (bicyclic) bond motifs is 1. The highest BCUT2D eigenvalue weighted by molar-refractivity contribution is 7.18. The zero-order valence-corrected chi connectivity index (χ0v) is 25.7. The number of aliphatic hydroxyl groups is 1. The smallest absolute Gasteiger partial charge is 0.407 e. The van der Waals surface area contributed by atoms with Crippen LogP contribution in [-0.4, -0.2) is 62.6 Å². The molecule has 0 bridgehead atoms. The minimum absolute atomic E-state index is 0.0476. The van der Waals surface area contributed by atoms with Crippen LogP contribution in [0.2, 0.25) is 0 Å². The van der Waals surface area contributed by atoms with Gasteiger partial charge in [0.25, 0.3) is 5.91 Å². The van der Waals surface area contributed by atoms with E-state index in [1.165, 1.54) is 23.5 Å². The number of rotatable bonds is 5. The summed E-state index contributed by atoms with van der Waals surface area (Å²) < 4.78 is 22.1. The van der Waals surface area contributed by atoms with Crippen molar-refractivity contribution in [2.75, 3.05) is 13.1 Å². The minimum atomic E-state index is -0.624. The van der Waals surface area contributed by atoms with E-state index in [-0.39, 0.29) is 29.7 Å². The van der Waals surface area contributed by atoms with Crippen molar-refractivity contribution >= 4 is 34.2 Å². The topological polar surface area (TPSA) is 120 Å². The maximum Gasteiger partial charge on any atom is 0.407 e. The fourth-order valence-electron chi connectivity index (χ4n) is 5.76. The molecular weight excluding hydrogens is 581 g/mol. The molecule has 9 nitrogen and oxygen atoms in total. The van der Waals surface area contributed by atoms with E-state index < -0.39 is 17.5 Å². The molecule has 2 amide bonds. The predicted molar refractivity (Wildman–Crippen MR) is 166 cm³/mol. The average Bonchev–Trinajstić information content (AvgIpc) is 3.58. The van der Waals surface area contributed by atoms with Crippen molar-refractivity contribution in [1.82, 2.24) is 20.0 Å². The van der Waals surface area contributed by atoms with E-state index in [0.717, 1.165) is 34.2 Å². The molecule has 1 atom stereocenters. The number of amides is 2. The summed E-state index contributed by atoms with van der Waals surface area (Å²) in [7, 11) is 0. The van der Waals surface area contributed by atoms with E-state index in [0.29, 0.717) is 41.9 Å². The van der Waals surface area contributed by atoms with E-state index in [2.05, 4.69) is 10.4 Å². The van der Waals surface area contributed by atoms with Crippen LogP contribution in [0.5, 0.6) is 0 Å². The van der Waals surface area contributed by atoms with E-state index >= 15 is 0 Å². The van der Waals surface area contributed by atoms with Crippen molar-refractivity contribution in [3.8, 4) is 27.6 Å². The summed E-state index contributed by atoms with van der Waals surface area (Å²) in [6.45, 7) is 6.32. The first kappa shape index (κ1) is 29.8. The number of carbonyl (C=O) groups is 2. The van der Waals surface area contributed by atoms with Crippen molar-refractivity contribution < 1.29 is 23.8 Å². The van der Waals surface area contributed by atoms with Gasteiger partial charge in [-0.2, -0.15) is 10.4 Å². The van der Waals surface area contributed by atoms with Crippen molar-refractivity contribution in [3.05, 3.63) is 64.9 Å². The Kier molecular flexibility index (Phi) is 7.90. The zero-order chi connectivity index (χ0) is 31.2. The van der Waals surface area contributed by atoms with Crippen LogP contribution >= 0.6 is 11.3 Å². The predicted octanol–water partition coefficient (Wildman–Crippen LogP) is 6.27. The van der Waals surface area contributed by atoms with Crippen LogP contribution in [0, 0.1) is 17.1 Å². The quantitative estimate of drug-likeness (QED) is 0.273. The average molecular weight is 616 g/mol. The first-order valence-corrected chi connectivity index (χ1v) is 15.6. The lowest BCUT2D eigenvalue weighted by Crippen LogP contribution is -2.50. The molecule has 2 aromatic heterocycles. The molecule has 1 aliphatic heterocycles. The van der Waals surface area contributed by atoms with E-state index in [1.54, 1.807) is 37.8 Å². The van der Waals surface area contributed by atoms with Crippen LogP contribution in [0.4, 0.5) is 9.18 Å². The van der Waals surface area contributed by atoms with Crippen LogP contribution in [0.3, 0.4) is 0 Å². The summed E-state index contributed by atoms with van der Waals surface area (Å²) in [5, 5.41) is 27.5. The summed E-state index contributed by atoms with van der Waals surface area (Å²) in [4.78, 5) is 29.3. The number of nitriles is 1. The molecule has 1 aliphatic carbocycles.